The molecular weight excluding hydrogens is 397 g/mol. The van der Waals surface area contributed by atoms with Crippen LogP contribution in [0.5, 0.6) is 5.88 Å². The first-order valence-corrected chi connectivity index (χ1v) is 9.97. The third kappa shape index (κ3) is 5.01. The molecule has 9 heteroatoms. The minimum Gasteiger partial charge on any atom is -0.475 e. The maximum absolute atomic E-state index is 12.7. The van der Waals surface area contributed by atoms with Gasteiger partial charge in [0.2, 0.25) is 5.88 Å². The van der Waals surface area contributed by atoms with E-state index in [9.17, 15) is 4.79 Å². The van der Waals surface area contributed by atoms with Crippen LogP contribution in [0, 0.1) is 0 Å². The molecule has 1 heterocycles. The first kappa shape index (κ1) is 19.2. The average molecular weight is 414 g/mol. The van der Waals surface area contributed by atoms with E-state index in [2.05, 4.69) is 15.3 Å². The van der Waals surface area contributed by atoms with E-state index < -0.39 is 5.91 Å². The van der Waals surface area contributed by atoms with E-state index in [4.69, 9.17) is 32.7 Å². The highest BCUT2D eigenvalue weighted by Crippen LogP contribution is 2.31. The topological polar surface area (TPSA) is 73.3 Å². The number of para-hydroxylation sites is 1. The van der Waals surface area contributed by atoms with E-state index >= 15 is 0 Å². The van der Waals surface area contributed by atoms with Crippen molar-refractivity contribution in [3.05, 3.63) is 40.0 Å². The first-order valence-electron chi connectivity index (χ1n) is 7.99. The van der Waals surface area contributed by atoms with Crippen LogP contribution in [-0.4, -0.2) is 41.4 Å². The Morgan fingerprint density at radius 3 is 2.69 bits per heavy atom. The Hall–Kier alpha value is -1.54. The molecule has 1 aliphatic carbocycles. The lowest BCUT2D eigenvalue weighted by molar-refractivity contribution is 0.0850. The Labute approximate surface area is 165 Å². The van der Waals surface area contributed by atoms with Crippen LogP contribution < -0.4 is 10.1 Å². The fourth-order valence-corrected chi connectivity index (χ4v) is 2.93. The van der Waals surface area contributed by atoms with Crippen LogP contribution >= 0.6 is 35.0 Å². The number of thioether (sulfide) groups is 1. The molecule has 26 heavy (non-hydrogen) atoms. The number of amides is 1. The van der Waals surface area contributed by atoms with Crippen LogP contribution in [0.3, 0.4) is 0 Å². The third-order valence-electron chi connectivity index (χ3n) is 3.56. The Bertz CT molecular complexity index is 783. The fourth-order valence-electron chi connectivity index (χ4n) is 2.10. The fraction of sp³-hybridized carbons (Fsp3) is 0.353. The number of rotatable bonds is 8. The van der Waals surface area contributed by atoms with Crippen molar-refractivity contribution in [1.82, 2.24) is 9.97 Å². The van der Waals surface area contributed by atoms with Crippen LogP contribution in [0.1, 0.15) is 23.2 Å². The average Bonchev–Trinajstić information content (AvgIpc) is 3.46. The number of hydrogen-bond donors (Lipinski definition) is 1. The molecule has 0 radical (unpaired) electrons. The molecule has 3 rings (SSSR count). The second-order valence-electron chi connectivity index (χ2n) is 5.54. The van der Waals surface area contributed by atoms with Crippen molar-refractivity contribution < 1.29 is 14.3 Å². The van der Waals surface area contributed by atoms with Gasteiger partial charge in [0.1, 0.15) is 12.2 Å². The zero-order valence-corrected chi connectivity index (χ0v) is 16.3. The van der Waals surface area contributed by atoms with E-state index in [0.29, 0.717) is 40.2 Å². The molecule has 1 aliphatic rings. The summed E-state index contributed by atoms with van der Waals surface area (Å²) in [6.45, 7) is 0.745. The summed E-state index contributed by atoms with van der Waals surface area (Å²) in [5, 5.41) is 3.88. The summed E-state index contributed by atoms with van der Waals surface area (Å²) in [5.41, 5.74) is 0.531. The summed E-state index contributed by atoms with van der Waals surface area (Å²) < 4.78 is 11.2. The van der Waals surface area contributed by atoms with Crippen LogP contribution in [0.4, 0.5) is 5.69 Å². The number of aromatic nitrogens is 2. The molecule has 0 spiro atoms. The van der Waals surface area contributed by atoms with Crippen LogP contribution in [0.2, 0.25) is 10.0 Å². The Morgan fingerprint density at radius 2 is 2.04 bits per heavy atom. The molecule has 0 aliphatic heterocycles. The predicted octanol–water partition coefficient (Wildman–Crippen LogP) is 4.32. The Balaban J connectivity index is 1.74. The summed E-state index contributed by atoms with van der Waals surface area (Å²) in [6, 6.07) is 4.98. The molecule has 1 aromatic carbocycles. The number of hydrogen-bond acceptors (Lipinski definition) is 6. The largest absolute Gasteiger partial charge is 0.475 e. The van der Waals surface area contributed by atoms with Gasteiger partial charge in [-0.3, -0.25) is 4.79 Å². The molecule has 6 nitrogen and oxygen atoms in total. The van der Waals surface area contributed by atoms with Gasteiger partial charge >= 0.3 is 0 Å². The lowest BCUT2D eigenvalue weighted by atomic mass is 10.2. The quantitative estimate of drug-likeness (QED) is 0.394. The van der Waals surface area contributed by atoms with E-state index in [1.54, 1.807) is 18.2 Å². The molecule has 0 bridgehead atoms. The summed E-state index contributed by atoms with van der Waals surface area (Å²) in [7, 11) is 0. The van der Waals surface area contributed by atoms with Gasteiger partial charge in [-0.1, -0.05) is 41.0 Å². The maximum atomic E-state index is 12.7. The zero-order chi connectivity index (χ0) is 18.5. The van der Waals surface area contributed by atoms with E-state index in [1.807, 2.05) is 6.26 Å². The third-order valence-corrected chi connectivity index (χ3v) is 4.75. The molecule has 1 amide bonds. The minimum absolute atomic E-state index is 0.199. The maximum Gasteiger partial charge on any atom is 0.262 e. The first-order chi connectivity index (χ1) is 12.6. The number of nitrogens with one attached hydrogen (secondary N) is 1. The monoisotopic (exact) mass is 413 g/mol. The molecule has 1 aromatic heterocycles. The molecule has 1 N–H and O–H groups in total. The van der Waals surface area contributed by atoms with Crippen molar-refractivity contribution in [2.24, 2.45) is 0 Å². The highest BCUT2D eigenvalue weighted by atomic mass is 35.5. The van der Waals surface area contributed by atoms with Gasteiger partial charge < -0.3 is 14.8 Å². The van der Waals surface area contributed by atoms with E-state index in [-0.39, 0.29) is 11.4 Å². The Morgan fingerprint density at radius 1 is 1.31 bits per heavy atom. The van der Waals surface area contributed by atoms with Gasteiger partial charge in [-0.2, -0.15) is 4.98 Å². The summed E-state index contributed by atoms with van der Waals surface area (Å²) in [4.78, 5) is 21.1. The second kappa shape index (κ2) is 8.90. The van der Waals surface area contributed by atoms with Crippen molar-refractivity contribution in [2.75, 3.05) is 24.8 Å². The number of ether oxygens (including phenoxy) is 2. The minimum atomic E-state index is -0.453. The number of carbonyl (C=O) groups is 1. The van der Waals surface area contributed by atoms with Gasteiger partial charge in [0, 0.05) is 6.20 Å². The molecule has 2 aromatic rings. The van der Waals surface area contributed by atoms with Crippen molar-refractivity contribution in [3.8, 4) is 5.88 Å². The summed E-state index contributed by atoms with van der Waals surface area (Å²) >= 11 is 13.6. The van der Waals surface area contributed by atoms with Crippen molar-refractivity contribution in [1.29, 1.82) is 0 Å². The molecule has 138 valence electrons. The molecule has 1 saturated carbocycles. The number of benzene rings is 1. The van der Waals surface area contributed by atoms with Gasteiger partial charge in [0.05, 0.1) is 28.4 Å². The SMILES string of the molecule is CSc1ncc(C(=O)Nc2c(Cl)cccc2Cl)c(OCCOC2CC2)n1. The number of halogens is 2. The number of anilines is 1. The standard InChI is InChI=1S/C17H17Cl2N3O3S/c1-26-17-20-9-11(16(22-17)25-8-7-24-10-5-6-10)15(23)21-14-12(18)3-2-4-13(14)19/h2-4,9-10H,5-8H2,1H3,(H,21,23). The van der Waals surface area contributed by atoms with Gasteiger partial charge in [0.15, 0.2) is 5.16 Å². The molecule has 0 atom stereocenters. The molecule has 0 unspecified atom stereocenters. The summed E-state index contributed by atoms with van der Waals surface area (Å²) in [6.07, 6.45) is 5.80. The van der Waals surface area contributed by atoms with Crippen LogP contribution in [0.15, 0.2) is 29.6 Å². The van der Waals surface area contributed by atoms with Crippen LogP contribution in [0.25, 0.3) is 0 Å². The van der Waals surface area contributed by atoms with Crippen molar-refractivity contribution in [2.45, 2.75) is 24.1 Å². The Kier molecular flexibility index (Phi) is 6.58. The summed E-state index contributed by atoms with van der Waals surface area (Å²) in [5.74, 6) is -0.254. The predicted molar refractivity (Wildman–Crippen MR) is 103 cm³/mol. The number of carbonyl (C=O) groups excluding carboxylic acids is 1. The highest BCUT2D eigenvalue weighted by Gasteiger charge is 2.22. The zero-order valence-electron chi connectivity index (χ0n) is 14.0. The van der Waals surface area contributed by atoms with Gasteiger partial charge in [-0.15, -0.1) is 0 Å². The smallest absolute Gasteiger partial charge is 0.262 e. The molecular formula is C17H17Cl2N3O3S. The molecule has 0 saturated heterocycles. The van der Waals surface area contributed by atoms with Crippen molar-refractivity contribution >= 4 is 46.6 Å². The van der Waals surface area contributed by atoms with Gasteiger partial charge in [0.25, 0.3) is 5.91 Å². The van der Waals surface area contributed by atoms with E-state index in [1.165, 1.54) is 18.0 Å². The lowest BCUT2D eigenvalue weighted by Gasteiger charge is -2.13. The van der Waals surface area contributed by atoms with Gasteiger partial charge in [-0.25, -0.2) is 4.98 Å². The van der Waals surface area contributed by atoms with Crippen molar-refractivity contribution in [3.63, 3.8) is 0 Å². The van der Waals surface area contributed by atoms with E-state index in [0.717, 1.165) is 12.8 Å². The van der Waals surface area contributed by atoms with Crippen LogP contribution in [-0.2, 0) is 4.74 Å². The highest BCUT2D eigenvalue weighted by molar-refractivity contribution is 7.98. The second-order valence-corrected chi connectivity index (χ2v) is 7.13. The number of nitrogens with zero attached hydrogens (tertiary/aromatic N) is 2. The van der Waals surface area contributed by atoms with Gasteiger partial charge in [-0.05, 0) is 31.2 Å². The molecule has 1 fully saturated rings. The lowest BCUT2D eigenvalue weighted by Crippen LogP contribution is -2.17. The normalized spacial score (nSPS) is 13.5.